The van der Waals surface area contributed by atoms with Crippen molar-refractivity contribution >= 4 is 11.9 Å². The van der Waals surface area contributed by atoms with Crippen molar-refractivity contribution in [3.63, 3.8) is 0 Å². The number of nitrogens with one attached hydrogen (secondary N) is 2. The lowest BCUT2D eigenvalue weighted by Crippen LogP contribution is -2.36. The lowest BCUT2D eigenvalue weighted by molar-refractivity contribution is 0.0676. The number of carbonyl (C=O) groups is 1. The smallest absolute Gasteiger partial charge is 0.284 e. The summed E-state index contributed by atoms with van der Waals surface area (Å²) < 4.78 is 17.1. The molecule has 1 aromatic heterocycles. The first-order valence-electron chi connectivity index (χ1n) is 10.3. The maximum Gasteiger partial charge on any atom is 0.284 e. The van der Waals surface area contributed by atoms with E-state index in [0.29, 0.717) is 38.0 Å². The largest absolute Gasteiger partial charge is 0.491 e. The summed E-state index contributed by atoms with van der Waals surface area (Å²) in [7, 11) is 0. The van der Waals surface area contributed by atoms with Gasteiger partial charge in [-0.2, -0.15) is 0 Å². The fourth-order valence-corrected chi connectivity index (χ4v) is 3.17. The van der Waals surface area contributed by atoms with Gasteiger partial charge in [0.05, 0.1) is 19.2 Å². The van der Waals surface area contributed by atoms with Gasteiger partial charge in [0, 0.05) is 18.7 Å². The van der Waals surface area contributed by atoms with Crippen LogP contribution < -0.4 is 21.1 Å². The second kappa shape index (κ2) is 10.7. The third-order valence-corrected chi connectivity index (χ3v) is 4.76. The summed E-state index contributed by atoms with van der Waals surface area (Å²) in [4.78, 5) is 15.8. The number of hydrogen-bond donors (Lipinski definition) is 3. The molecule has 0 aliphatic carbocycles. The van der Waals surface area contributed by atoms with Gasteiger partial charge in [-0.05, 0) is 50.5 Å². The van der Waals surface area contributed by atoms with Crippen molar-refractivity contribution in [2.45, 2.75) is 45.9 Å². The molecule has 0 bridgehead atoms. The molecule has 30 heavy (non-hydrogen) atoms. The average molecular weight is 415 g/mol. The standard InChI is InChI=1S/C22H30N4O4/c1-3-24-22(26-13-17-8-9-19(30-17)21(23)27)25-12-16-7-6-15(2)11-20(16)29-14-18-5-4-10-28-18/h6-9,11,18H,3-5,10,12-14H2,1-2H3,(H2,23,27)(H2,24,25,26). The summed E-state index contributed by atoms with van der Waals surface area (Å²) in [5, 5.41) is 6.40. The number of ether oxygens (including phenoxy) is 2. The van der Waals surface area contributed by atoms with Crippen LogP contribution in [0, 0.1) is 6.92 Å². The van der Waals surface area contributed by atoms with Crippen LogP contribution in [-0.4, -0.2) is 37.7 Å². The summed E-state index contributed by atoms with van der Waals surface area (Å²) in [6, 6.07) is 9.41. The van der Waals surface area contributed by atoms with Crippen LogP contribution in [0.4, 0.5) is 0 Å². The molecule has 3 rings (SSSR count). The van der Waals surface area contributed by atoms with Gasteiger partial charge in [0.2, 0.25) is 0 Å². The molecule has 8 nitrogen and oxygen atoms in total. The molecule has 1 saturated heterocycles. The highest BCUT2D eigenvalue weighted by Gasteiger charge is 2.17. The lowest BCUT2D eigenvalue weighted by atomic mass is 10.1. The molecule has 1 atom stereocenters. The maximum atomic E-state index is 11.2. The fourth-order valence-electron chi connectivity index (χ4n) is 3.17. The van der Waals surface area contributed by atoms with Gasteiger partial charge in [0.25, 0.3) is 5.91 Å². The zero-order valence-electron chi connectivity index (χ0n) is 17.6. The Morgan fingerprint density at radius 1 is 1.30 bits per heavy atom. The van der Waals surface area contributed by atoms with Crippen LogP contribution in [0.5, 0.6) is 5.75 Å². The van der Waals surface area contributed by atoms with Gasteiger partial charge >= 0.3 is 0 Å². The Kier molecular flexibility index (Phi) is 7.73. The van der Waals surface area contributed by atoms with Crippen LogP contribution in [0.15, 0.2) is 39.7 Å². The molecule has 0 saturated carbocycles. The second-order valence-corrected chi connectivity index (χ2v) is 7.24. The first-order chi connectivity index (χ1) is 14.5. The van der Waals surface area contributed by atoms with Crippen LogP contribution in [0.25, 0.3) is 0 Å². The van der Waals surface area contributed by atoms with Gasteiger partial charge < -0.3 is 30.3 Å². The molecule has 1 aliphatic heterocycles. The number of carbonyl (C=O) groups excluding carboxylic acids is 1. The van der Waals surface area contributed by atoms with Crippen molar-refractivity contribution in [3.8, 4) is 5.75 Å². The van der Waals surface area contributed by atoms with Gasteiger partial charge in [0.15, 0.2) is 11.7 Å². The van der Waals surface area contributed by atoms with E-state index in [9.17, 15) is 4.79 Å². The highest BCUT2D eigenvalue weighted by molar-refractivity contribution is 5.89. The Bertz CT molecular complexity index is 872. The molecule has 162 valence electrons. The highest BCUT2D eigenvalue weighted by Crippen LogP contribution is 2.23. The molecule has 0 spiro atoms. The summed E-state index contributed by atoms with van der Waals surface area (Å²) in [5.74, 6) is 1.63. The molecule has 1 unspecified atom stereocenters. The minimum absolute atomic E-state index is 0.140. The van der Waals surface area contributed by atoms with Gasteiger partial charge in [-0.3, -0.25) is 4.79 Å². The molecule has 2 heterocycles. The first-order valence-corrected chi connectivity index (χ1v) is 10.3. The van der Waals surface area contributed by atoms with E-state index >= 15 is 0 Å². The molecule has 1 aliphatic rings. The zero-order valence-corrected chi connectivity index (χ0v) is 17.6. The zero-order chi connectivity index (χ0) is 21.3. The number of rotatable bonds is 9. The SMILES string of the molecule is CCNC(=NCc1ccc(C)cc1OCC1CCCO1)NCc1ccc(C(N)=O)o1. The number of aliphatic imine (C=N–C) groups is 1. The van der Waals surface area contributed by atoms with Crippen LogP contribution in [0.1, 0.15) is 47.2 Å². The van der Waals surface area contributed by atoms with Crippen molar-refractivity contribution < 1.29 is 18.7 Å². The summed E-state index contributed by atoms with van der Waals surface area (Å²) in [5.41, 5.74) is 7.36. The van der Waals surface area contributed by atoms with Gasteiger partial charge in [-0.25, -0.2) is 4.99 Å². The molecule has 8 heteroatoms. The maximum absolute atomic E-state index is 11.2. The quantitative estimate of drug-likeness (QED) is 0.429. The van der Waals surface area contributed by atoms with Crippen molar-refractivity contribution in [1.29, 1.82) is 0 Å². The summed E-state index contributed by atoms with van der Waals surface area (Å²) in [6.45, 7) is 6.97. The number of nitrogens with two attached hydrogens (primary N) is 1. The van der Waals surface area contributed by atoms with E-state index < -0.39 is 5.91 Å². The highest BCUT2D eigenvalue weighted by atomic mass is 16.5. The molecular weight excluding hydrogens is 384 g/mol. The third kappa shape index (κ3) is 6.25. The molecule has 1 amide bonds. The van der Waals surface area contributed by atoms with Crippen LogP contribution in [0.2, 0.25) is 0 Å². The number of aryl methyl sites for hydroxylation is 1. The number of nitrogens with zero attached hydrogens (tertiary/aromatic N) is 1. The number of primary amides is 1. The Morgan fingerprint density at radius 2 is 2.17 bits per heavy atom. The van der Waals surface area contributed by atoms with E-state index in [0.717, 1.165) is 36.3 Å². The summed E-state index contributed by atoms with van der Waals surface area (Å²) >= 11 is 0. The fraction of sp³-hybridized carbons (Fsp3) is 0.455. The van der Waals surface area contributed by atoms with Gasteiger partial charge in [0.1, 0.15) is 18.1 Å². The van der Waals surface area contributed by atoms with Crippen LogP contribution >= 0.6 is 0 Å². The minimum Gasteiger partial charge on any atom is -0.491 e. The average Bonchev–Trinajstić information content (AvgIpc) is 3.41. The predicted octanol–water partition coefficient (Wildman–Crippen LogP) is 2.50. The Hall–Kier alpha value is -3.00. The van der Waals surface area contributed by atoms with Crippen molar-refractivity contribution in [3.05, 3.63) is 53.0 Å². The Labute approximate surface area is 176 Å². The van der Waals surface area contributed by atoms with E-state index in [2.05, 4.69) is 21.7 Å². The van der Waals surface area contributed by atoms with E-state index in [4.69, 9.17) is 19.6 Å². The van der Waals surface area contributed by atoms with E-state index in [-0.39, 0.29) is 11.9 Å². The second-order valence-electron chi connectivity index (χ2n) is 7.24. The number of hydrogen-bond acceptors (Lipinski definition) is 5. The van der Waals surface area contributed by atoms with E-state index in [1.807, 2.05) is 26.0 Å². The number of furan rings is 1. The van der Waals surface area contributed by atoms with Gasteiger partial charge in [-0.1, -0.05) is 12.1 Å². The molecule has 0 radical (unpaired) electrons. The molecule has 1 aromatic carbocycles. The summed E-state index contributed by atoms with van der Waals surface area (Å²) in [6.07, 6.45) is 2.30. The number of benzene rings is 1. The molecular formula is C22H30N4O4. The topological polar surface area (TPSA) is 111 Å². The Balaban J connectivity index is 1.63. The van der Waals surface area contributed by atoms with Crippen LogP contribution in [-0.2, 0) is 17.8 Å². The minimum atomic E-state index is -0.586. The predicted molar refractivity (Wildman–Crippen MR) is 115 cm³/mol. The van der Waals surface area contributed by atoms with E-state index in [1.54, 1.807) is 12.1 Å². The van der Waals surface area contributed by atoms with Gasteiger partial charge in [-0.15, -0.1) is 0 Å². The molecule has 2 aromatic rings. The Morgan fingerprint density at radius 3 is 2.87 bits per heavy atom. The van der Waals surface area contributed by atoms with Crippen molar-refractivity contribution in [2.24, 2.45) is 10.7 Å². The molecule has 4 N–H and O–H groups in total. The van der Waals surface area contributed by atoms with Crippen molar-refractivity contribution in [1.82, 2.24) is 10.6 Å². The van der Waals surface area contributed by atoms with Crippen LogP contribution in [0.3, 0.4) is 0 Å². The van der Waals surface area contributed by atoms with Crippen molar-refractivity contribution in [2.75, 3.05) is 19.8 Å². The van der Waals surface area contributed by atoms with E-state index in [1.165, 1.54) is 0 Å². The number of amides is 1. The third-order valence-electron chi connectivity index (χ3n) is 4.76. The normalized spacial score (nSPS) is 16.5. The lowest BCUT2D eigenvalue weighted by Gasteiger charge is -2.15. The number of guanidine groups is 1. The molecule has 1 fully saturated rings. The first kappa shape index (κ1) is 21.7. The monoisotopic (exact) mass is 414 g/mol.